The summed E-state index contributed by atoms with van der Waals surface area (Å²) in [6.45, 7) is 5.01. The second-order valence-electron chi connectivity index (χ2n) is 5.55. The predicted molar refractivity (Wildman–Crippen MR) is 108 cm³/mol. The molecule has 0 fully saturated rings. The third kappa shape index (κ3) is 6.77. The van der Waals surface area contributed by atoms with Crippen molar-refractivity contribution in [2.45, 2.75) is 36.5 Å². The standard InChI is InChI=1S/C21H23ClO3S/c1-3-5-13-25-17-7-6-8-18(14-17)26-19-11-9-16(20(22)15-19)10-12-21(23)24-4-2/h6-12,14-15H,3-5,13H2,1-2H3/b12-10+. The molecule has 138 valence electrons. The maximum atomic E-state index is 11.4. The van der Waals surface area contributed by atoms with Crippen LogP contribution in [0.2, 0.25) is 5.02 Å². The highest BCUT2D eigenvalue weighted by Gasteiger charge is 2.04. The van der Waals surface area contributed by atoms with Gasteiger partial charge in [0.15, 0.2) is 0 Å². The Morgan fingerprint density at radius 1 is 1.15 bits per heavy atom. The van der Waals surface area contributed by atoms with Crippen molar-refractivity contribution >= 4 is 35.4 Å². The molecule has 2 rings (SSSR count). The van der Waals surface area contributed by atoms with Crippen LogP contribution in [0.25, 0.3) is 6.08 Å². The minimum Gasteiger partial charge on any atom is -0.494 e. The van der Waals surface area contributed by atoms with Crippen molar-refractivity contribution < 1.29 is 14.3 Å². The number of benzene rings is 2. The van der Waals surface area contributed by atoms with Gasteiger partial charge in [-0.2, -0.15) is 0 Å². The zero-order valence-electron chi connectivity index (χ0n) is 15.0. The summed E-state index contributed by atoms with van der Waals surface area (Å²) in [5.74, 6) is 0.505. The van der Waals surface area contributed by atoms with E-state index < -0.39 is 0 Å². The quantitative estimate of drug-likeness (QED) is 0.288. The Bertz CT molecular complexity index is 759. The number of hydrogen-bond acceptors (Lipinski definition) is 4. The van der Waals surface area contributed by atoms with E-state index >= 15 is 0 Å². The van der Waals surface area contributed by atoms with Crippen molar-refractivity contribution in [1.82, 2.24) is 0 Å². The molecule has 0 bridgehead atoms. The van der Waals surface area contributed by atoms with Gasteiger partial charge in [-0.15, -0.1) is 0 Å². The van der Waals surface area contributed by atoms with Gasteiger partial charge in [-0.25, -0.2) is 4.79 Å². The molecule has 2 aromatic carbocycles. The van der Waals surface area contributed by atoms with E-state index in [-0.39, 0.29) is 5.97 Å². The van der Waals surface area contributed by atoms with E-state index in [9.17, 15) is 4.79 Å². The molecule has 3 nitrogen and oxygen atoms in total. The maximum absolute atomic E-state index is 11.4. The second-order valence-corrected chi connectivity index (χ2v) is 7.10. The third-order valence-electron chi connectivity index (χ3n) is 3.47. The highest BCUT2D eigenvalue weighted by atomic mass is 35.5. The van der Waals surface area contributed by atoms with Crippen LogP contribution >= 0.6 is 23.4 Å². The Kier molecular flexibility index (Phi) is 8.59. The number of hydrogen-bond donors (Lipinski definition) is 0. The smallest absolute Gasteiger partial charge is 0.330 e. The van der Waals surface area contributed by atoms with Crippen molar-refractivity contribution in [2.75, 3.05) is 13.2 Å². The molecular formula is C21H23ClO3S. The number of halogens is 1. The predicted octanol–water partition coefficient (Wildman–Crippen LogP) is 6.25. The Hall–Kier alpha value is -1.91. The molecule has 0 radical (unpaired) electrons. The van der Waals surface area contributed by atoms with Gasteiger partial charge in [0.1, 0.15) is 5.75 Å². The first-order chi connectivity index (χ1) is 12.6. The van der Waals surface area contributed by atoms with Crippen molar-refractivity contribution in [3.63, 3.8) is 0 Å². The highest BCUT2D eigenvalue weighted by Crippen LogP contribution is 2.33. The Balaban J connectivity index is 2.03. The van der Waals surface area contributed by atoms with Gasteiger partial charge in [-0.05, 0) is 55.3 Å². The normalized spacial score (nSPS) is 10.9. The van der Waals surface area contributed by atoms with Gasteiger partial charge in [0.25, 0.3) is 0 Å². The zero-order valence-corrected chi connectivity index (χ0v) is 16.6. The fraction of sp³-hybridized carbons (Fsp3) is 0.286. The topological polar surface area (TPSA) is 35.5 Å². The molecule has 0 heterocycles. The SMILES string of the molecule is CCCCOc1cccc(Sc2ccc(/C=C/C(=O)OCC)c(Cl)c2)c1. The second kappa shape index (κ2) is 10.9. The summed E-state index contributed by atoms with van der Waals surface area (Å²) in [6.07, 6.45) is 5.21. The number of carbonyl (C=O) groups excluding carboxylic acids is 1. The molecule has 0 saturated heterocycles. The van der Waals surface area contributed by atoms with E-state index in [1.54, 1.807) is 24.8 Å². The summed E-state index contributed by atoms with van der Waals surface area (Å²) in [7, 11) is 0. The first-order valence-electron chi connectivity index (χ1n) is 8.67. The van der Waals surface area contributed by atoms with Crippen LogP contribution in [0.1, 0.15) is 32.3 Å². The lowest BCUT2D eigenvalue weighted by Gasteiger charge is -2.08. The van der Waals surface area contributed by atoms with Crippen molar-refractivity contribution in [3.8, 4) is 5.75 Å². The van der Waals surface area contributed by atoms with Crippen molar-refractivity contribution in [2.24, 2.45) is 0 Å². The van der Waals surface area contributed by atoms with E-state index in [1.165, 1.54) is 6.08 Å². The minimum absolute atomic E-state index is 0.355. The average molecular weight is 391 g/mol. The molecule has 5 heteroatoms. The van der Waals surface area contributed by atoms with Gasteiger partial charge in [0, 0.05) is 20.9 Å². The molecule has 0 aromatic heterocycles. The average Bonchev–Trinajstić information content (AvgIpc) is 2.62. The van der Waals surface area contributed by atoms with Crippen LogP contribution < -0.4 is 4.74 Å². The summed E-state index contributed by atoms with van der Waals surface area (Å²) < 4.78 is 10.6. The molecule has 0 aliphatic rings. The molecule has 0 aliphatic carbocycles. The summed E-state index contributed by atoms with van der Waals surface area (Å²) >= 11 is 7.95. The largest absolute Gasteiger partial charge is 0.494 e. The summed E-state index contributed by atoms with van der Waals surface area (Å²) in [5, 5.41) is 0.589. The lowest BCUT2D eigenvalue weighted by molar-refractivity contribution is -0.137. The van der Waals surface area contributed by atoms with Crippen LogP contribution in [-0.4, -0.2) is 19.2 Å². The highest BCUT2D eigenvalue weighted by molar-refractivity contribution is 7.99. The van der Waals surface area contributed by atoms with Gasteiger partial charge < -0.3 is 9.47 Å². The summed E-state index contributed by atoms with van der Waals surface area (Å²) in [6, 6.07) is 13.8. The van der Waals surface area contributed by atoms with Gasteiger partial charge in [0.2, 0.25) is 0 Å². The van der Waals surface area contributed by atoms with E-state index in [2.05, 4.69) is 6.92 Å². The number of ether oxygens (including phenoxy) is 2. The molecule has 0 saturated carbocycles. The summed E-state index contributed by atoms with van der Waals surface area (Å²) in [4.78, 5) is 13.5. The molecule has 0 amide bonds. The Morgan fingerprint density at radius 3 is 2.69 bits per heavy atom. The Labute approximate surface area is 164 Å². The molecule has 0 unspecified atom stereocenters. The molecule has 0 atom stereocenters. The number of unbranched alkanes of at least 4 members (excludes halogenated alkanes) is 1. The maximum Gasteiger partial charge on any atom is 0.330 e. The van der Waals surface area contributed by atoms with Crippen LogP contribution in [0.15, 0.2) is 58.3 Å². The molecule has 2 aromatic rings. The third-order valence-corrected chi connectivity index (χ3v) is 4.77. The molecule has 26 heavy (non-hydrogen) atoms. The lowest BCUT2D eigenvalue weighted by Crippen LogP contribution is -1.98. The van der Waals surface area contributed by atoms with Crippen LogP contribution in [0.3, 0.4) is 0 Å². The fourth-order valence-corrected chi connectivity index (χ4v) is 3.37. The van der Waals surface area contributed by atoms with E-state index in [0.717, 1.165) is 40.6 Å². The Morgan fingerprint density at radius 2 is 1.96 bits per heavy atom. The van der Waals surface area contributed by atoms with E-state index in [0.29, 0.717) is 11.6 Å². The molecule has 0 aliphatic heterocycles. The minimum atomic E-state index is -0.373. The number of esters is 1. The molecule has 0 N–H and O–H groups in total. The van der Waals surface area contributed by atoms with E-state index in [4.69, 9.17) is 21.1 Å². The van der Waals surface area contributed by atoms with Gasteiger partial charge in [0.05, 0.1) is 13.2 Å². The first kappa shape index (κ1) is 20.4. The fourth-order valence-electron chi connectivity index (χ4n) is 2.15. The van der Waals surface area contributed by atoms with Crippen LogP contribution in [0.4, 0.5) is 0 Å². The number of carbonyl (C=O) groups is 1. The van der Waals surface area contributed by atoms with Crippen LogP contribution in [0.5, 0.6) is 5.75 Å². The van der Waals surface area contributed by atoms with Crippen LogP contribution in [0, 0.1) is 0 Å². The molecule has 0 spiro atoms. The van der Waals surface area contributed by atoms with Gasteiger partial charge in [-0.1, -0.05) is 48.8 Å². The monoisotopic (exact) mass is 390 g/mol. The first-order valence-corrected chi connectivity index (χ1v) is 9.87. The summed E-state index contributed by atoms with van der Waals surface area (Å²) in [5.41, 5.74) is 0.778. The van der Waals surface area contributed by atoms with Crippen LogP contribution in [-0.2, 0) is 9.53 Å². The molecular weight excluding hydrogens is 368 g/mol. The van der Waals surface area contributed by atoms with Gasteiger partial charge >= 0.3 is 5.97 Å². The lowest BCUT2D eigenvalue weighted by atomic mass is 10.2. The zero-order chi connectivity index (χ0) is 18.8. The van der Waals surface area contributed by atoms with Crippen molar-refractivity contribution in [3.05, 3.63) is 59.1 Å². The van der Waals surface area contributed by atoms with Crippen molar-refractivity contribution in [1.29, 1.82) is 0 Å². The number of rotatable bonds is 9. The van der Waals surface area contributed by atoms with E-state index in [1.807, 2.05) is 42.5 Å². The van der Waals surface area contributed by atoms with Gasteiger partial charge in [-0.3, -0.25) is 0 Å².